The van der Waals surface area contributed by atoms with Crippen LogP contribution in [0.25, 0.3) is 0 Å². The quantitative estimate of drug-likeness (QED) is 0.383. The van der Waals surface area contributed by atoms with E-state index in [4.69, 9.17) is 0 Å². The Morgan fingerprint density at radius 3 is 2.12 bits per heavy atom. The van der Waals surface area contributed by atoms with Crippen LogP contribution in [0.2, 0.25) is 6.82 Å². The molecule has 0 aromatic rings. The van der Waals surface area contributed by atoms with Crippen LogP contribution in [-0.2, 0) is 0 Å². The highest BCUT2D eigenvalue weighted by atomic mass is 13.9. The minimum Gasteiger partial charge on any atom is -0.112 e. The molecule has 0 aromatic carbocycles. The van der Waals surface area contributed by atoms with Crippen molar-refractivity contribution in [1.29, 1.82) is 0 Å². The lowest BCUT2D eigenvalue weighted by Crippen LogP contribution is -1.88. The molecule has 1 heteroatoms. The summed E-state index contributed by atoms with van der Waals surface area (Å²) < 4.78 is 0. The predicted molar refractivity (Wildman–Crippen MR) is 40.2 cm³/mol. The van der Waals surface area contributed by atoms with Gasteiger partial charge in [0.05, 0.1) is 0 Å². The van der Waals surface area contributed by atoms with E-state index in [1.165, 1.54) is 5.57 Å². The summed E-state index contributed by atoms with van der Waals surface area (Å²) in [6.45, 7) is 11.6. The molecule has 1 radical (unpaired) electrons. The Labute approximate surface area is 52.5 Å². The highest BCUT2D eigenvalue weighted by Crippen LogP contribution is 2.03. The van der Waals surface area contributed by atoms with E-state index in [1.54, 1.807) is 0 Å². The maximum absolute atomic E-state index is 3.80. The number of hydrogen-bond donors (Lipinski definition) is 0. The summed E-state index contributed by atoms with van der Waals surface area (Å²) in [4.78, 5) is 0. The second-order valence-electron chi connectivity index (χ2n) is 2.08. The fourth-order valence-electron chi connectivity index (χ4n) is 0.490. The van der Waals surface area contributed by atoms with E-state index in [-0.39, 0.29) is 0 Å². The summed E-state index contributed by atoms with van der Waals surface area (Å²) in [6, 6.07) is 0. The van der Waals surface area contributed by atoms with E-state index in [0.717, 1.165) is 11.9 Å². The number of rotatable bonds is 3. The SMILES string of the molecule is C=C(C)CC(=C)[B]C. The first-order valence-electron chi connectivity index (χ1n) is 2.78. The van der Waals surface area contributed by atoms with E-state index < -0.39 is 0 Å². The van der Waals surface area contributed by atoms with Crippen LogP contribution < -0.4 is 0 Å². The van der Waals surface area contributed by atoms with E-state index in [1.807, 2.05) is 21.0 Å². The lowest BCUT2D eigenvalue weighted by molar-refractivity contribution is 1.20. The van der Waals surface area contributed by atoms with E-state index >= 15 is 0 Å². The molecule has 0 saturated carbocycles. The summed E-state index contributed by atoms with van der Waals surface area (Å²) in [6.07, 6.45) is 0.941. The standard InChI is InChI=1S/C7H12B/c1-6(2)5-7(3)8-4/h1,3,5H2,2,4H3. The molecule has 43 valence electrons. The third-order valence-corrected chi connectivity index (χ3v) is 0.937. The molecular formula is C7H12B. The Hall–Kier alpha value is -0.455. The predicted octanol–water partition coefficient (Wildman–Crippen LogP) is 2.22. The van der Waals surface area contributed by atoms with Gasteiger partial charge in [0.2, 0.25) is 0 Å². The van der Waals surface area contributed by atoms with Crippen molar-refractivity contribution < 1.29 is 0 Å². The third-order valence-electron chi connectivity index (χ3n) is 0.937. The average Bonchev–Trinajstić information content (AvgIpc) is 1.65. The molecule has 0 saturated heterocycles. The van der Waals surface area contributed by atoms with Gasteiger partial charge >= 0.3 is 0 Å². The molecule has 0 rings (SSSR count). The number of allylic oxidation sites excluding steroid dienone is 2. The van der Waals surface area contributed by atoms with Crippen LogP contribution in [0.5, 0.6) is 0 Å². The molecule has 0 nitrogen and oxygen atoms in total. The van der Waals surface area contributed by atoms with Crippen molar-refractivity contribution in [2.24, 2.45) is 0 Å². The zero-order valence-corrected chi connectivity index (χ0v) is 5.70. The molecule has 8 heavy (non-hydrogen) atoms. The zero-order chi connectivity index (χ0) is 6.57. The molecule has 0 aliphatic carbocycles. The first-order valence-corrected chi connectivity index (χ1v) is 2.78. The van der Waals surface area contributed by atoms with E-state index in [2.05, 4.69) is 13.2 Å². The molecule has 0 aliphatic heterocycles. The van der Waals surface area contributed by atoms with Crippen LogP contribution in [-0.4, -0.2) is 7.28 Å². The van der Waals surface area contributed by atoms with E-state index in [9.17, 15) is 0 Å². The molecule has 0 atom stereocenters. The van der Waals surface area contributed by atoms with Gasteiger partial charge in [0.1, 0.15) is 7.28 Å². The molecule has 0 aromatic heterocycles. The van der Waals surface area contributed by atoms with Crippen molar-refractivity contribution >= 4 is 7.28 Å². The second-order valence-corrected chi connectivity index (χ2v) is 2.08. The van der Waals surface area contributed by atoms with Crippen LogP contribution in [0.3, 0.4) is 0 Å². The van der Waals surface area contributed by atoms with Gasteiger partial charge in [-0.15, -0.1) is 12.1 Å². The van der Waals surface area contributed by atoms with Crippen LogP contribution >= 0.6 is 0 Å². The Morgan fingerprint density at radius 2 is 2.00 bits per heavy atom. The van der Waals surface area contributed by atoms with Crippen molar-refractivity contribution in [2.75, 3.05) is 0 Å². The van der Waals surface area contributed by atoms with E-state index in [0.29, 0.717) is 0 Å². The molecule has 0 amide bonds. The largest absolute Gasteiger partial charge is 0.142 e. The molecule has 0 unspecified atom stereocenters. The zero-order valence-electron chi connectivity index (χ0n) is 5.70. The highest BCUT2D eigenvalue weighted by Gasteiger charge is 1.89. The fraction of sp³-hybridized carbons (Fsp3) is 0.429. The van der Waals surface area contributed by atoms with Crippen LogP contribution in [0.1, 0.15) is 13.3 Å². The molecule has 0 spiro atoms. The van der Waals surface area contributed by atoms with Gasteiger partial charge in [-0.05, 0) is 13.3 Å². The Morgan fingerprint density at radius 1 is 1.50 bits per heavy atom. The van der Waals surface area contributed by atoms with Crippen LogP contribution in [0.15, 0.2) is 24.2 Å². The highest BCUT2D eigenvalue weighted by molar-refractivity contribution is 6.43. The first kappa shape index (κ1) is 7.54. The maximum atomic E-state index is 3.80. The summed E-state index contributed by atoms with van der Waals surface area (Å²) >= 11 is 0. The van der Waals surface area contributed by atoms with Gasteiger partial charge in [-0.3, -0.25) is 0 Å². The van der Waals surface area contributed by atoms with Gasteiger partial charge in [-0.2, -0.15) is 0 Å². The topological polar surface area (TPSA) is 0 Å². The molecule has 0 bridgehead atoms. The lowest BCUT2D eigenvalue weighted by atomic mass is 9.71. The van der Waals surface area contributed by atoms with Crippen molar-refractivity contribution in [1.82, 2.24) is 0 Å². The smallest absolute Gasteiger partial charge is 0.112 e. The van der Waals surface area contributed by atoms with Crippen LogP contribution in [0.4, 0.5) is 0 Å². The second kappa shape index (κ2) is 3.53. The molecule has 0 heterocycles. The average molecular weight is 107 g/mol. The summed E-state index contributed by atoms with van der Waals surface area (Å²) in [7, 11) is 2.01. The monoisotopic (exact) mass is 107 g/mol. The maximum Gasteiger partial charge on any atom is 0.142 e. The normalized spacial score (nSPS) is 8.25. The molecular weight excluding hydrogens is 94.9 g/mol. The van der Waals surface area contributed by atoms with Gasteiger partial charge in [0.25, 0.3) is 0 Å². The van der Waals surface area contributed by atoms with Crippen molar-refractivity contribution in [2.45, 2.75) is 20.2 Å². The fourth-order valence-corrected chi connectivity index (χ4v) is 0.490. The lowest BCUT2D eigenvalue weighted by Gasteiger charge is -1.97. The van der Waals surface area contributed by atoms with Crippen molar-refractivity contribution in [3.8, 4) is 0 Å². The number of hydrogen-bond acceptors (Lipinski definition) is 0. The Bertz CT molecular complexity index is 103. The molecule has 0 aliphatic rings. The Kier molecular flexibility index (Phi) is 3.33. The van der Waals surface area contributed by atoms with Gasteiger partial charge in [0.15, 0.2) is 0 Å². The van der Waals surface area contributed by atoms with Gasteiger partial charge in [0, 0.05) is 0 Å². The molecule has 0 fully saturated rings. The first-order chi connectivity index (χ1) is 3.66. The van der Waals surface area contributed by atoms with Gasteiger partial charge < -0.3 is 0 Å². The third kappa shape index (κ3) is 3.73. The Balaban J connectivity index is 3.40. The van der Waals surface area contributed by atoms with Gasteiger partial charge in [-0.1, -0.05) is 19.0 Å². The minimum atomic E-state index is 0.941. The minimum absolute atomic E-state index is 0.941. The van der Waals surface area contributed by atoms with Crippen molar-refractivity contribution in [3.05, 3.63) is 24.2 Å². The van der Waals surface area contributed by atoms with Crippen LogP contribution in [0, 0.1) is 0 Å². The van der Waals surface area contributed by atoms with Crippen molar-refractivity contribution in [3.63, 3.8) is 0 Å². The van der Waals surface area contributed by atoms with Gasteiger partial charge in [-0.25, -0.2) is 0 Å². The summed E-state index contributed by atoms with van der Waals surface area (Å²) in [5.74, 6) is 0. The summed E-state index contributed by atoms with van der Waals surface area (Å²) in [5, 5.41) is 0. The summed E-state index contributed by atoms with van der Waals surface area (Å²) in [5.41, 5.74) is 2.32. The molecule has 0 N–H and O–H groups in total.